The Balaban J connectivity index is 2.10. The van der Waals surface area contributed by atoms with Crippen LogP contribution in [0.1, 0.15) is 43.7 Å². The summed E-state index contributed by atoms with van der Waals surface area (Å²) in [6.45, 7) is 8.75. The van der Waals surface area contributed by atoms with Crippen molar-refractivity contribution in [1.29, 1.82) is 0 Å². The maximum absolute atomic E-state index is 4.94. The van der Waals surface area contributed by atoms with Crippen LogP contribution in [0.5, 0.6) is 0 Å². The second-order valence-electron chi connectivity index (χ2n) is 6.07. The molecule has 1 saturated heterocycles. The number of hydrogen-bond acceptors (Lipinski definition) is 5. The van der Waals surface area contributed by atoms with Gasteiger partial charge in [-0.25, -0.2) is 4.98 Å². The molecule has 21 heavy (non-hydrogen) atoms. The van der Waals surface area contributed by atoms with E-state index in [4.69, 9.17) is 4.98 Å². The second kappa shape index (κ2) is 8.11. The Morgan fingerprint density at radius 3 is 2.90 bits per heavy atom. The lowest BCUT2D eigenvalue weighted by molar-refractivity contribution is 0.248. The maximum Gasteiger partial charge on any atom is 0.185 e. The summed E-state index contributed by atoms with van der Waals surface area (Å²) < 4.78 is 0. The summed E-state index contributed by atoms with van der Waals surface area (Å²) in [6, 6.07) is 0.608. The first-order chi connectivity index (χ1) is 10.2. The number of hydrogen-bond donors (Lipinski definition) is 1. The number of rotatable bonds is 7. The Morgan fingerprint density at radius 1 is 1.43 bits per heavy atom. The minimum absolute atomic E-state index is 0.608. The zero-order chi connectivity index (χ0) is 15.2. The third-order valence-corrected chi connectivity index (χ3v) is 5.43. The molecular formula is C16H30N4S. The lowest BCUT2D eigenvalue weighted by atomic mass is 10.1. The SMILES string of the molecule is CCCc1nc(N(C)C2CCCN(C)C2)sc1CNCC. The fourth-order valence-electron chi connectivity index (χ4n) is 2.94. The summed E-state index contributed by atoms with van der Waals surface area (Å²) in [5.41, 5.74) is 1.30. The molecule has 1 N–H and O–H groups in total. The fraction of sp³-hybridized carbons (Fsp3) is 0.812. The summed E-state index contributed by atoms with van der Waals surface area (Å²) in [7, 11) is 4.44. The molecule has 0 aromatic carbocycles. The van der Waals surface area contributed by atoms with Gasteiger partial charge >= 0.3 is 0 Å². The van der Waals surface area contributed by atoms with Gasteiger partial charge in [0.15, 0.2) is 5.13 Å². The third-order valence-electron chi connectivity index (χ3n) is 4.24. The highest BCUT2D eigenvalue weighted by atomic mass is 32.1. The van der Waals surface area contributed by atoms with Crippen LogP contribution in [0.3, 0.4) is 0 Å². The number of aryl methyl sites for hydroxylation is 1. The van der Waals surface area contributed by atoms with Crippen LogP contribution in [0, 0.1) is 0 Å². The monoisotopic (exact) mass is 310 g/mol. The smallest absolute Gasteiger partial charge is 0.185 e. The van der Waals surface area contributed by atoms with E-state index < -0.39 is 0 Å². The van der Waals surface area contributed by atoms with Crippen LogP contribution in [-0.2, 0) is 13.0 Å². The molecule has 0 radical (unpaired) electrons. The van der Waals surface area contributed by atoms with Crippen molar-refractivity contribution in [2.45, 2.75) is 52.1 Å². The number of thiazole rings is 1. The Kier molecular flexibility index (Phi) is 6.45. The van der Waals surface area contributed by atoms with Crippen molar-refractivity contribution in [2.75, 3.05) is 38.6 Å². The van der Waals surface area contributed by atoms with Gasteiger partial charge in [0, 0.05) is 31.1 Å². The molecule has 1 aromatic heterocycles. The standard InChI is InChI=1S/C16H30N4S/c1-5-8-14-15(11-17-6-2)21-16(18-14)20(4)13-9-7-10-19(3)12-13/h13,17H,5-12H2,1-4H3. The van der Waals surface area contributed by atoms with E-state index in [1.807, 2.05) is 11.3 Å². The molecule has 0 bridgehead atoms. The van der Waals surface area contributed by atoms with E-state index in [9.17, 15) is 0 Å². The average molecular weight is 311 g/mol. The number of nitrogens with zero attached hydrogens (tertiary/aromatic N) is 3. The van der Waals surface area contributed by atoms with E-state index in [-0.39, 0.29) is 0 Å². The van der Waals surface area contributed by atoms with Crippen molar-refractivity contribution < 1.29 is 0 Å². The highest BCUT2D eigenvalue weighted by Crippen LogP contribution is 2.29. The molecule has 2 heterocycles. The number of aromatic nitrogens is 1. The van der Waals surface area contributed by atoms with E-state index in [0.29, 0.717) is 6.04 Å². The molecule has 5 heteroatoms. The molecule has 4 nitrogen and oxygen atoms in total. The summed E-state index contributed by atoms with van der Waals surface area (Å²) >= 11 is 1.88. The van der Waals surface area contributed by atoms with Gasteiger partial charge in [0.05, 0.1) is 5.69 Å². The molecule has 0 amide bonds. The largest absolute Gasteiger partial charge is 0.347 e. The van der Waals surface area contributed by atoms with Crippen molar-refractivity contribution in [3.8, 4) is 0 Å². The predicted molar refractivity (Wildman–Crippen MR) is 92.4 cm³/mol. The predicted octanol–water partition coefficient (Wildman–Crippen LogP) is 2.74. The molecule has 2 rings (SSSR count). The molecular weight excluding hydrogens is 280 g/mol. The topological polar surface area (TPSA) is 31.4 Å². The highest BCUT2D eigenvalue weighted by molar-refractivity contribution is 7.15. The minimum atomic E-state index is 0.608. The molecule has 0 saturated carbocycles. The summed E-state index contributed by atoms with van der Waals surface area (Å²) in [6.07, 6.45) is 4.84. The number of likely N-dealkylation sites (tertiary alicyclic amines) is 1. The van der Waals surface area contributed by atoms with Crippen molar-refractivity contribution in [3.63, 3.8) is 0 Å². The normalized spacial score (nSPS) is 19.9. The molecule has 1 aliphatic heterocycles. The zero-order valence-corrected chi connectivity index (χ0v) is 14.8. The van der Waals surface area contributed by atoms with Crippen LogP contribution in [-0.4, -0.2) is 49.7 Å². The van der Waals surface area contributed by atoms with Gasteiger partial charge < -0.3 is 15.1 Å². The molecule has 1 aliphatic rings. The van der Waals surface area contributed by atoms with E-state index >= 15 is 0 Å². The fourth-order valence-corrected chi connectivity index (χ4v) is 4.05. The van der Waals surface area contributed by atoms with Crippen molar-refractivity contribution in [1.82, 2.24) is 15.2 Å². The van der Waals surface area contributed by atoms with Gasteiger partial charge in [0.25, 0.3) is 0 Å². The molecule has 120 valence electrons. The molecule has 1 aromatic rings. The molecule has 0 spiro atoms. The van der Waals surface area contributed by atoms with E-state index in [1.54, 1.807) is 0 Å². The van der Waals surface area contributed by atoms with Gasteiger partial charge in [-0.15, -0.1) is 11.3 Å². The maximum atomic E-state index is 4.94. The summed E-state index contributed by atoms with van der Waals surface area (Å²) in [4.78, 5) is 11.2. The van der Waals surface area contributed by atoms with E-state index in [1.165, 1.54) is 35.1 Å². The third kappa shape index (κ3) is 4.41. The second-order valence-corrected chi connectivity index (χ2v) is 7.13. The van der Waals surface area contributed by atoms with Crippen molar-refractivity contribution in [2.24, 2.45) is 0 Å². The first-order valence-corrected chi connectivity index (χ1v) is 9.08. The Morgan fingerprint density at radius 2 is 2.24 bits per heavy atom. The summed E-state index contributed by atoms with van der Waals surface area (Å²) in [5, 5.41) is 4.65. The van der Waals surface area contributed by atoms with Crippen LogP contribution >= 0.6 is 11.3 Å². The van der Waals surface area contributed by atoms with Gasteiger partial charge in [-0.1, -0.05) is 20.3 Å². The van der Waals surface area contributed by atoms with E-state index in [0.717, 1.165) is 32.5 Å². The van der Waals surface area contributed by atoms with Gasteiger partial charge in [0.2, 0.25) is 0 Å². The Bertz CT molecular complexity index is 432. The lowest BCUT2D eigenvalue weighted by Gasteiger charge is -2.35. The number of likely N-dealkylation sites (N-methyl/N-ethyl adjacent to an activating group) is 2. The molecule has 1 unspecified atom stereocenters. The molecule has 0 aliphatic carbocycles. The van der Waals surface area contributed by atoms with Crippen molar-refractivity contribution >= 4 is 16.5 Å². The zero-order valence-electron chi connectivity index (χ0n) is 14.0. The highest BCUT2D eigenvalue weighted by Gasteiger charge is 2.24. The first kappa shape index (κ1) is 16.7. The van der Waals surface area contributed by atoms with Gasteiger partial charge in [-0.2, -0.15) is 0 Å². The van der Waals surface area contributed by atoms with Crippen LogP contribution in [0.4, 0.5) is 5.13 Å². The van der Waals surface area contributed by atoms with Crippen LogP contribution in [0.2, 0.25) is 0 Å². The average Bonchev–Trinajstić information content (AvgIpc) is 2.88. The number of nitrogens with one attached hydrogen (secondary N) is 1. The first-order valence-electron chi connectivity index (χ1n) is 8.26. The number of anilines is 1. The van der Waals surface area contributed by atoms with Crippen LogP contribution in [0.25, 0.3) is 0 Å². The molecule has 1 atom stereocenters. The quantitative estimate of drug-likeness (QED) is 0.839. The Labute approximate surface area is 133 Å². The Hall–Kier alpha value is -0.650. The van der Waals surface area contributed by atoms with Gasteiger partial charge in [-0.3, -0.25) is 0 Å². The van der Waals surface area contributed by atoms with Gasteiger partial charge in [-0.05, 0) is 39.4 Å². The lowest BCUT2D eigenvalue weighted by Crippen LogP contribution is -2.45. The van der Waals surface area contributed by atoms with Crippen molar-refractivity contribution in [3.05, 3.63) is 10.6 Å². The van der Waals surface area contributed by atoms with E-state index in [2.05, 4.69) is 43.1 Å². The van der Waals surface area contributed by atoms with Crippen LogP contribution in [0.15, 0.2) is 0 Å². The minimum Gasteiger partial charge on any atom is -0.347 e. The van der Waals surface area contributed by atoms with Crippen LogP contribution < -0.4 is 10.2 Å². The van der Waals surface area contributed by atoms with Gasteiger partial charge in [0.1, 0.15) is 0 Å². The molecule has 1 fully saturated rings. The number of piperidine rings is 1. The summed E-state index contributed by atoms with van der Waals surface area (Å²) in [5.74, 6) is 0.